The first-order valence-corrected chi connectivity index (χ1v) is 16.4. The van der Waals surface area contributed by atoms with E-state index >= 15 is 0 Å². The van der Waals surface area contributed by atoms with Crippen LogP contribution in [0.4, 0.5) is 0 Å². The van der Waals surface area contributed by atoms with Gasteiger partial charge in [0.25, 0.3) is 0 Å². The zero-order valence-electron chi connectivity index (χ0n) is 24.9. The molecule has 0 N–H and O–H groups in total. The summed E-state index contributed by atoms with van der Waals surface area (Å²) in [5.74, 6) is 1.95. The van der Waals surface area contributed by atoms with Crippen molar-refractivity contribution < 1.29 is 23.7 Å². The van der Waals surface area contributed by atoms with Gasteiger partial charge in [0.05, 0.1) is 26.9 Å². The zero-order valence-corrected chi connectivity index (χ0v) is 27.4. The number of hydrogen-bond acceptors (Lipinski definition) is 5. The van der Waals surface area contributed by atoms with E-state index < -0.39 is 12.9 Å². The van der Waals surface area contributed by atoms with Crippen molar-refractivity contribution in [2.24, 2.45) is 0 Å². The maximum Gasteiger partial charge on any atom is 0.338 e. The van der Waals surface area contributed by atoms with Crippen molar-refractivity contribution in [1.29, 1.82) is 0 Å². The van der Waals surface area contributed by atoms with Crippen molar-refractivity contribution >= 4 is 51.2 Å². The molecule has 42 heavy (non-hydrogen) atoms. The van der Waals surface area contributed by atoms with E-state index in [2.05, 4.69) is 52.3 Å². The van der Waals surface area contributed by atoms with Crippen molar-refractivity contribution in [1.82, 2.24) is 0 Å². The van der Waals surface area contributed by atoms with Crippen molar-refractivity contribution in [2.75, 3.05) is 27.5 Å². The molecule has 0 aliphatic heterocycles. The van der Waals surface area contributed by atoms with Gasteiger partial charge in [0, 0.05) is 4.47 Å². The Morgan fingerprint density at radius 2 is 1.05 bits per heavy atom. The summed E-state index contributed by atoms with van der Waals surface area (Å²) in [5, 5.41) is 3.30. The number of methoxy groups -OCH3 is 3. The molecule has 0 bridgehead atoms. The largest absolute Gasteiger partial charge is 0.497 e. The number of carbonyl (C=O) groups is 1. The van der Waals surface area contributed by atoms with Gasteiger partial charge in [-0.05, 0) is 117 Å². The van der Waals surface area contributed by atoms with Gasteiger partial charge >= 0.3 is 5.97 Å². The quantitative estimate of drug-likeness (QED) is 0.104. The lowest BCUT2D eigenvalue weighted by Crippen LogP contribution is -2.36. The Balaban J connectivity index is 2.02. The second-order valence-electron chi connectivity index (χ2n) is 10.8. The molecule has 0 radical (unpaired) electrons. The minimum absolute atomic E-state index is 0.342. The summed E-state index contributed by atoms with van der Waals surface area (Å²) in [7, 11) is 2.46. The fraction of sp³-hybridized carbons (Fsp3) is 0.229. The van der Waals surface area contributed by atoms with Gasteiger partial charge in [-0.1, -0.05) is 28.1 Å². The van der Waals surface area contributed by atoms with Gasteiger partial charge in [0.15, 0.2) is 0 Å². The van der Waals surface area contributed by atoms with E-state index in [0.29, 0.717) is 11.7 Å². The number of ether oxygens (including phenoxy) is 4. The molecular weight excluding hydrogens is 611 g/mol. The maximum atomic E-state index is 14.0. The number of halogens is 1. The Bertz CT molecular complexity index is 1390. The molecule has 0 aliphatic carbocycles. The smallest absolute Gasteiger partial charge is 0.338 e. The average Bonchev–Trinajstić information content (AvgIpc) is 2.99. The van der Waals surface area contributed by atoms with Gasteiger partial charge in [-0.3, -0.25) is 0 Å². The van der Waals surface area contributed by atoms with Gasteiger partial charge in [-0.25, -0.2) is 4.79 Å². The standard InChI is InChI=1S/C35H37BrO5P/c1-35(2,3)41-34(37)26(23-25-7-9-27(36)10-8-25)24-42(31-17-11-28(38-4)12-18-31,32-19-13-29(39-5)14-20-32)33-21-15-30(40-6)16-22-33/h7-23H,24H2,1-6H3/q+1/b26-23+. The molecule has 0 saturated carbocycles. The summed E-state index contributed by atoms with van der Waals surface area (Å²) < 4.78 is 23.5. The lowest BCUT2D eigenvalue weighted by atomic mass is 10.1. The fourth-order valence-electron chi connectivity index (χ4n) is 4.76. The molecule has 7 heteroatoms. The SMILES string of the molecule is COc1ccc([P+](C/C(=C\c2ccc(Br)cc2)C(=O)OC(C)(C)C)(c2ccc(OC)cc2)c2ccc(OC)cc2)cc1. The number of benzene rings is 4. The van der Waals surface area contributed by atoms with Crippen LogP contribution in [0.1, 0.15) is 26.3 Å². The lowest BCUT2D eigenvalue weighted by molar-refractivity contribution is -0.149. The molecule has 4 aromatic rings. The van der Waals surface area contributed by atoms with E-state index in [9.17, 15) is 4.79 Å². The van der Waals surface area contributed by atoms with Crippen LogP contribution in [0.15, 0.2) is 107 Å². The number of esters is 1. The molecule has 5 nitrogen and oxygen atoms in total. The van der Waals surface area contributed by atoms with Gasteiger partial charge in [0.2, 0.25) is 0 Å². The minimum Gasteiger partial charge on any atom is -0.497 e. The molecule has 0 amide bonds. The number of hydrogen-bond donors (Lipinski definition) is 0. The van der Waals surface area contributed by atoms with Crippen LogP contribution in [0, 0.1) is 0 Å². The third-order valence-corrected chi connectivity index (χ3v) is 11.7. The first-order chi connectivity index (χ1) is 20.1. The predicted octanol–water partition coefficient (Wildman–Crippen LogP) is 7.19. The predicted molar refractivity (Wildman–Crippen MR) is 178 cm³/mol. The molecule has 0 spiro atoms. The Labute approximate surface area is 257 Å². The molecule has 4 aromatic carbocycles. The topological polar surface area (TPSA) is 54.0 Å². The highest BCUT2D eigenvalue weighted by atomic mass is 79.9. The van der Waals surface area contributed by atoms with Gasteiger partial charge < -0.3 is 18.9 Å². The summed E-state index contributed by atoms with van der Waals surface area (Å²) in [6.07, 6.45) is 2.38. The van der Waals surface area contributed by atoms with Crippen molar-refractivity contribution in [2.45, 2.75) is 26.4 Å². The molecule has 0 unspecified atom stereocenters. The number of rotatable bonds is 10. The Kier molecular flexibility index (Phi) is 10.1. The molecule has 0 atom stereocenters. The van der Waals surface area contributed by atoms with Gasteiger partial charge in [0.1, 0.15) is 52.2 Å². The van der Waals surface area contributed by atoms with Crippen molar-refractivity contribution in [3.05, 3.63) is 113 Å². The second kappa shape index (κ2) is 13.6. The summed E-state index contributed by atoms with van der Waals surface area (Å²) >= 11 is 3.52. The van der Waals surface area contributed by atoms with E-state index in [-0.39, 0.29) is 5.97 Å². The highest BCUT2D eigenvalue weighted by molar-refractivity contribution is 9.10. The molecule has 0 aliphatic rings. The van der Waals surface area contributed by atoms with Crippen LogP contribution in [0.25, 0.3) is 6.08 Å². The molecule has 0 fully saturated rings. The van der Waals surface area contributed by atoms with E-state index in [1.165, 1.54) is 0 Å². The summed E-state index contributed by atoms with van der Waals surface area (Å²) in [5.41, 5.74) is 0.844. The lowest BCUT2D eigenvalue weighted by Gasteiger charge is -2.29. The fourth-order valence-corrected chi connectivity index (χ4v) is 9.17. The van der Waals surface area contributed by atoms with Crippen LogP contribution in [0.3, 0.4) is 0 Å². The van der Waals surface area contributed by atoms with Crippen LogP contribution in [-0.2, 0) is 9.53 Å². The monoisotopic (exact) mass is 647 g/mol. The van der Waals surface area contributed by atoms with Gasteiger partial charge in [-0.15, -0.1) is 0 Å². The molecule has 0 saturated heterocycles. The van der Waals surface area contributed by atoms with Crippen LogP contribution >= 0.6 is 23.2 Å². The Morgan fingerprint density at radius 3 is 1.38 bits per heavy atom. The normalized spacial score (nSPS) is 12.0. The van der Waals surface area contributed by atoms with E-state index in [1.807, 2.05) is 87.5 Å². The van der Waals surface area contributed by atoms with Gasteiger partial charge in [-0.2, -0.15) is 0 Å². The van der Waals surface area contributed by atoms with Crippen LogP contribution in [0.5, 0.6) is 17.2 Å². The van der Waals surface area contributed by atoms with Crippen LogP contribution in [0.2, 0.25) is 0 Å². The van der Waals surface area contributed by atoms with Crippen LogP contribution in [-0.4, -0.2) is 39.1 Å². The third kappa shape index (κ3) is 7.42. The van der Waals surface area contributed by atoms with E-state index in [4.69, 9.17) is 18.9 Å². The molecule has 218 valence electrons. The highest BCUT2D eigenvalue weighted by Crippen LogP contribution is 2.57. The first kappa shape index (κ1) is 31.3. The van der Waals surface area contributed by atoms with Crippen molar-refractivity contribution in [3.8, 4) is 17.2 Å². The summed E-state index contributed by atoms with van der Waals surface area (Å²) in [4.78, 5) is 14.0. The molecular formula is C35H37BrO5P+. The number of carbonyl (C=O) groups excluding carboxylic acids is 1. The van der Waals surface area contributed by atoms with E-state index in [1.54, 1.807) is 21.3 Å². The second-order valence-corrected chi connectivity index (χ2v) is 15.2. The molecule has 0 heterocycles. The maximum absolute atomic E-state index is 14.0. The third-order valence-electron chi connectivity index (χ3n) is 6.82. The highest BCUT2D eigenvalue weighted by Gasteiger charge is 2.47. The Morgan fingerprint density at radius 1 is 0.667 bits per heavy atom. The summed E-state index contributed by atoms with van der Waals surface area (Å²) in [6, 6.07) is 32.4. The van der Waals surface area contributed by atoms with Crippen LogP contribution < -0.4 is 30.1 Å². The first-order valence-electron chi connectivity index (χ1n) is 13.6. The summed E-state index contributed by atoms with van der Waals surface area (Å²) in [6.45, 7) is 5.67. The minimum atomic E-state index is -2.51. The molecule has 4 rings (SSSR count). The average molecular weight is 649 g/mol. The van der Waals surface area contributed by atoms with E-state index in [0.717, 1.165) is 43.2 Å². The Hall–Kier alpha value is -3.60. The zero-order chi connectivity index (χ0) is 30.3. The van der Waals surface area contributed by atoms with Crippen molar-refractivity contribution in [3.63, 3.8) is 0 Å². The molecule has 0 aromatic heterocycles.